The van der Waals surface area contributed by atoms with Gasteiger partial charge in [-0.1, -0.05) is 48.5 Å². The molecule has 2 aromatic carbocycles. The van der Waals surface area contributed by atoms with Crippen molar-refractivity contribution in [2.75, 3.05) is 19.7 Å². The summed E-state index contributed by atoms with van der Waals surface area (Å²) in [6.45, 7) is 3.19. The van der Waals surface area contributed by atoms with Crippen molar-refractivity contribution in [3.8, 4) is 0 Å². The molecule has 2 N–H and O–H groups in total. The first-order valence-corrected chi connectivity index (χ1v) is 10.7. The standard InChI is InChI=1S/C24H29N3O4/c1-2-31-24(30)27-15-13-20(14-16-27)25-23(29)21(17-18-9-5-3-6-10-18)26-22(28)19-11-7-4-8-12-19/h3-12,20-21H,2,13-17H2,1H3,(H,25,29)(H,26,28). The fraction of sp³-hybridized carbons (Fsp3) is 0.375. The molecule has 0 radical (unpaired) electrons. The van der Waals surface area contributed by atoms with Gasteiger partial charge in [0.25, 0.3) is 5.91 Å². The molecule has 7 nitrogen and oxygen atoms in total. The molecule has 3 amide bonds. The van der Waals surface area contributed by atoms with Crippen molar-refractivity contribution in [1.82, 2.24) is 15.5 Å². The SMILES string of the molecule is CCOC(=O)N1CCC(NC(=O)C(Cc2ccccc2)NC(=O)c2ccccc2)CC1. The molecule has 0 bridgehead atoms. The summed E-state index contributed by atoms with van der Waals surface area (Å²) in [5, 5.41) is 5.93. The Kier molecular flexibility index (Phi) is 8.04. The molecule has 1 fully saturated rings. The van der Waals surface area contributed by atoms with Crippen LogP contribution in [0.1, 0.15) is 35.7 Å². The molecule has 0 aliphatic carbocycles. The Balaban J connectivity index is 1.62. The van der Waals surface area contributed by atoms with Gasteiger partial charge in [0.1, 0.15) is 6.04 Å². The zero-order valence-electron chi connectivity index (χ0n) is 17.8. The Morgan fingerprint density at radius 3 is 2.23 bits per heavy atom. The smallest absolute Gasteiger partial charge is 0.409 e. The van der Waals surface area contributed by atoms with Crippen molar-refractivity contribution in [3.05, 3.63) is 71.8 Å². The number of carbonyl (C=O) groups excluding carboxylic acids is 3. The van der Waals surface area contributed by atoms with Crippen molar-refractivity contribution in [3.63, 3.8) is 0 Å². The molecule has 3 rings (SSSR count). The minimum atomic E-state index is -0.696. The van der Waals surface area contributed by atoms with Gasteiger partial charge in [0.2, 0.25) is 5.91 Å². The highest BCUT2D eigenvalue weighted by Gasteiger charge is 2.28. The molecule has 164 valence electrons. The zero-order chi connectivity index (χ0) is 22.1. The van der Waals surface area contributed by atoms with Crippen LogP contribution in [-0.4, -0.2) is 54.6 Å². The van der Waals surface area contributed by atoms with Crippen LogP contribution in [0.2, 0.25) is 0 Å². The molecule has 0 saturated carbocycles. The third-order valence-electron chi connectivity index (χ3n) is 5.31. The van der Waals surface area contributed by atoms with Gasteiger partial charge in [-0.25, -0.2) is 4.79 Å². The zero-order valence-corrected chi connectivity index (χ0v) is 17.8. The Labute approximate surface area is 182 Å². The lowest BCUT2D eigenvalue weighted by Crippen LogP contribution is -2.53. The number of hydrogen-bond donors (Lipinski definition) is 2. The average Bonchev–Trinajstić information content (AvgIpc) is 2.80. The summed E-state index contributed by atoms with van der Waals surface area (Å²) < 4.78 is 5.04. The molecule has 1 heterocycles. The second-order valence-electron chi connectivity index (χ2n) is 7.55. The van der Waals surface area contributed by atoms with Crippen LogP contribution in [-0.2, 0) is 16.0 Å². The molecule has 1 aliphatic heterocycles. The third kappa shape index (κ3) is 6.57. The van der Waals surface area contributed by atoms with Gasteiger partial charge < -0.3 is 20.3 Å². The van der Waals surface area contributed by atoms with Gasteiger partial charge in [-0.3, -0.25) is 9.59 Å². The molecule has 0 aromatic heterocycles. The van der Waals surface area contributed by atoms with Crippen LogP contribution in [0.4, 0.5) is 4.79 Å². The van der Waals surface area contributed by atoms with Gasteiger partial charge >= 0.3 is 6.09 Å². The number of carbonyl (C=O) groups is 3. The predicted molar refractivity (Wildman–Crippen MR) is 118 cm³/mol. The van der Waals surface area contributed by atoms with Crippen LogP contribution in [0.15, 0.2) is 60.7 Å². The maximum absolute atomic E-state index is 13.1. The van der Waals surface area contributed by atoms with Gasteiger partial charge in [0.05, 0.1) is 6.61 Å². The van der Waals surface area contributed by atoms with E-state index in [0.717, 1.165) is 5.56 Å². The fourth-order valence-electron chi connectivity index (χ4n) is 3.61. The maximum atomic E-state index is 13.1. The number of ether oxygens (including phenoxy) is 1. The number of likely N-dealkylation sites (tertiary alicyclic amines) is 1. The molecule has 2 aromatic rings. The van der Waals surface area contributed by atoms with E-state index in [0.29, 0.717) is 44.5 Å². The van der Waals surface area contributed by atoms with E-state index >= 15 is 0 Å². The number of rotatable bonds is 7. The second-order valence-corrected chi connectivity index (χ2v) is 7.55. The van der Waals surface area contributed by atoms with Crippen LogP contribution in [0.3, 0.4) is 0 Å². The van der Waals surface area contributed by atoms with Crippen LogP contribution >= 0.6 is 0 Å². The normalized spacial score (nSPS) is 15.1. The van der Waals surface area contributed by atoms with Crippen molar-refractivity contribution in [1.29, 1.82) is 0 Å². The monoisotopic (exact) mass is 423 g/mol. The van der Waals surface area contributed by atoms with Gasteiger partial charge in [0.15, 0.2) is 0 Å². The molecule has 1 saturated heterocycles. The van der Waals surface area contributed by atoms with E-state index in [1.54, 1.807) is 36.1 Å². The number of piperidine rings is 1. The predicted octanol–water partition coefficient (Wildman–Crippen LogP) is 2.76. The Morgan fingerprint density at radius 1 is 1.00 bits per heavy atom. The Hall–Kier alpha value is -3.35. The molecule has 1 atom stereocenters. The summed E-state index contributed by atoms with van der Waals surface area (Å²) in [7, 11) is 0. The topological polar surface area (TPSA) is 87.7 Å². The number of nitrogens with one attached hydrogen (secondary N) is 2. The van der Waals surface area contributed by atoms with Crippen molar-refractivity contribution >= 4 is 17.9 Å². The summed E-state index contributed by atoms with van der Waals surface area (Å²) in [6.07, 6.45) is 1.38. The molecule has 1 aliphatic rings. The first kappa shape index (κ1) is 22.3. The highest BCUT2D eigenvalue weighted by atomic mass is 16.6. The maximum Gasteiger partial charge on any atom is 0.409 e. The van der Waals surface area contributed by atoms with Crippen molar-refractivity contribution < 1.29 is 19.1 Å². The quantitative estimate of drug-likeness (QED) is 0.717. The van der Waals surface area contributed by atoms with Gasteiger partial charge in [0, 0.05) is 31.1 Å². The van der Waals surface area contributed by atoms with E-state index < -0.39 is 6.04 Å². The van der Waals surface area contributed by atoms with E-state index in [9.17, 15) is 14.4 Å². The molecule has 7 heteroatoms. The van der Waals surface area contributed by atoms with Crippen molar-refractivity contribution in [2.24, 2.45) is 0 Å². The van der Waals surface area contributed by atoms with Crippen LogP contribution in [0.5, 0.6) is 0 Å². The van der Waals surface area contributed by atoms with E-state index in [-0.39, 0.29) is 23.9 Å². The molecular formula is C24H29N3O4. The second kappa shape index (κ2) is 11.2. The lowest BCUT2D eigenvalue weighted by molar-refractivity contribution is -0.123. The molecule has 0 spiro atoms. The first-order chi connectivity index (χ1) is 15.1. The Morgan fingerprint density at radius 2 is 1.61 bits per heavy atom. The Bertz CT molecular complexity index is 865. The van der Waals surface area contributed by atoms with Crippen LogP contribution in [0.25, 0.3) is 0 Å². The lowest BCUT2D eigenvalue weighted by atomic mass is 10.0. The van der Waals surface area contributed by atoms with E-state index in [2.05, 4.69) is 10.6 Å². The highest BCUT2D eigenvalue weighted by molar-refractivity contribution is 5.97. The number of hydrogen-bond acceptors (Lipinski definition) is 4. The third-order valence-corrected chi connectivity index (χ3v) is 5.31. The van der Waals surface area contributed by atoms with Gasteiger partial charge in [-0.2, -0.15) is 0 Å². The molecule has 1 unspecified atom stereocenters. The first-order valence-electron chi connectivity index (χ1n) is 10.7. The van der Waals surface area contributed by atoms with E-state index in [1.165, 1.54) is 0 Å². The lowest BCUT2D eigenvalue weighted by Gasteiger charge is -2.32. The minimum Gasteiger partial charge on any atom is -0.450 e. The van der Waals surface area contributed by atoms with Crippen LogP contribution < -0.4 is 10.6 Å². The number of amides is 3. The largest absolute Gasteiger partial charge is 0.450 e. The van der Waals surface area contributed by atoms with Crippen molar-refractivity contribution in [2.45, 2.75) is 38.3 Å². The van der Waals surface area contributed by atoms with Gasteiger partial charge in [-0.15, -0.1) is 0 Å². The average molecular weight is 424 g/mol. The minimum absolute atomic E-state index is 0.0509. The summed E-state index contributed by atoms with van der Waals surface area (Å²) in [4.78, 5) is 39.3. The van der Waals surface area contributed by atoms with Gasteiger partial charge in [-0.05, 0) is 37.5 Å². The summed E-state index contributed by atoms with van der Waals surface area (Å²) in [5.41, 5.74) is 1.48. The number of nitrogens with zero attached hydrogens (tertiary/aromatic N) is 1. The molecular weight excluding hydrogens is 394 g/mol. The van der Waals surface area contributed by atoms with E-state index in [4.69, 9.17) is 4.74 Å². The van der Waals surface area contributed by atoms with Crippen LogP contribution in [0, 0.1) is 0 Å². The fourth-order valence-corrected chi connectivity index (χ4v) is 3.61. The summed E-state index contributed by atoms with van der Waals surface area (Å²) in [5.74, 6) is -0.503. The molecule has 31 heavy (non-hydrogen) atoms. The summed E-state index contributed by atoms with van der Waals surface area (Å²) >= 11 is 0. The summed E-state index contributed by atoms with van der Waals surface area (Å²) in [6, 6.07) is 17.7. The highest BCUT2D eigenvalue weighted by Crippen LogP contribution is 2.13. The number of benzene rings is 2. The van der Waals surface area contributed by atoms with E-state index in [1.807, 2.05) is 36.4 Å².